The number of rotatable bonds is 3. The normalized spacial score (nSPS) is 12.7. The monoisotopic (exact) mass is 286 g/mol. The first-order chi connectivity index (χ1) is 7.18. The first-order valence-corrected chi connectivity index (χ1v) is 8.11. The molecule has 0 aliphatic rings. The van der Waals surface area contributed by atoms with Crippen LogP contribution < -0.4 is 0 Å². The van der Waals surface area contributed by atoms with E-state index in [9.17, 15) is 21.2 Å². The molecule has 0 aliphatic carbocycles. The fourth-order valence-corrected chi connectivity index (χ4v) is 2.93. The summed E-state index contributed by atoms with van der Waals surface area (Å²) in [5, 5.41) is 0. The zero-order chi connectivity index (χ0) is 12.6. The van der Waals surface area contributed by atoms with Crippen molar-refractivity contribution in [2.24, 2.45) is 0 Å². The van der Waals surface area contributed by atoms with Gasteiger partial charge in [0.15, 0.2) is 9.84 Å². The molecule has 0 radical (unpaired) electrons. The van der Waals surface area contributed by atoms with Gasteiger partial charge < -0.3 is 0 Å². The maximum atomic E-state index is 13.1. The smallest absolute Gasteiger partial charge is 0.224 e. The molecule has 0 saturated carbocycles. The average Bonchev–Trinajstić information content (AvgIpc) is 2.16. The Kier molecular flexibility index (Phi) is 3.61. The van der Waals surface area contributed by atoms with Crippen molar-refractivity contribution in [3.8, 4) is 0 Å². The van der Waals surface area contributed by atoms with Gasteiger partial charge in [-0.2, -0.15) is 0 Å². The van der Waals surface area contributed by atoms with E-state index in [2.05, 4.69) is 0 Å². The summed E-state index contributed by atoms with van der Waals surface area (Å²) < 4.78 is 57.9. The lowest BCUT2D eigenvalue weighted by Crippen LogP contribution is -2.06. The Morgan fingerprint density at radius 3 is 2.25 bits per heavy atom. The van der Waals surface area contributed by atoms with Crippen molar-refractivity contribution >= 4 is 29.6 Å². The third kappa shape index (κ3) is 2.72. The Hall–Kier alpha value is -0.660. The van der Waals surface area contributed by atoms with Gasteiger partial charge in [0.05, 0.1) is 10.6 Å². The number of benzene rings is 1. The third-order valence-corrected chi connectivity index (χ3v) is 4.97. The second kappa shape index (κ2) is 4.31. The molecule has 1 aromatic rings. The SMILES string of the molecule is CCS(=O)(=O)c1ccc(F)c(S(=O)(=O)Cl)c1. The zero-order valence-corrected chi connectivity index (χ0v) is 10.5. The quantitative estimate of drug-likeness (QED) is 0.624. The van der Waals surface area contributed by atoms with E-state index in [-0.39, 0.29) is 10.6 Å². The summed E-state index contributed by atoms with van der Waals surface area (Å²) in [5.74, 6) is -1.29. The summed E-state index contributed by atoms with van der Waals surface area (Å²) >= 11 is 0. The minimum Gasteiger partial charge on any atom is -0.224 e. The van der Waals surface area contributed by atoms with Crippen LogP contribution in [0, 0.1) is 5.82 Å². The van der Waals surface area contributed by atoms with Crippen molar-refractivity contribution in [3.63, 3.8) is 0 Å². The van der Waals surface area contributed by atoms with Gasteiger partial charge >= 0.3 is 0 Å². The van der Waals surface area contributed by atoms with E-state index in [1.165, 1.54) is 6.92 Å². The molecule has 0 spiro atoms. The molecule has 0 atom stereocenters. The van der Waals surface area contributed by atoms with Crippen LogP contribution in [0.25, 0.3) is 0 Å². The molecule has 0 aliphatic heterocycles. The van der Waals surface area contributed by atoms with Gasteiger partial charge in [-0.3, -0.25) is 0 Å². The Morgan fingerprint density at radius 1 is 1.25 bits per heavy atom. The van der Waals surface area contributed by atoms with Gasteiger partial charge in [-0.15, -0.1) is 0 Å². The van der Waals surface area contributed by atoms with E-state index in [4.69, 9.17) is 10.7 Å². The number of halogens is 2. The molecule has 0 fully saturated rings. The third-order valence-electron chi connectivity index (χ3n) is 1.90. The molecule has 0 heterocycles. The van der Waals surface area contributed by atoms with Crippen molar-refractivity contribution in [2.75, 3.05) is 5.75 Å². The van der Waals surface area contributed by atoms with E-state index in [0.29, 0.717) is 0 Å². The van der Waals surface area contributed by atoms with Gasteiger partial charge in [0, 0.05) is 10.7 Å². The number of hydrogen-bond acceptors (Lipinski definition) is 4. The van der Waals surface area contributed by atoms with Crippen molar-refractivity contribution in [3.05, 3.63) is 24.0 Å². The Balaban J connectivity index is 3.53. The summed E-state index contributed by atoms with van der Waals surface area (Å²) in [5.41, 5.74) is 0. The Morgan fingerprint density at radius 2 is 1.81 bits per heavy atom. The lowest BCUT2D eigenvalue weighted by Gasteiger charge is -2.04. The lowest BCUT2D eigenvalue weighted by atomic mass is 10.3. The van der Waals surface area contributed by atoms with E-state index in [1.807, 2.05) is 0 Å². The molecule has 1 aromatic carbocycles. The maximum Gasteiger partial charge on any atom is 0.264 e. The Labute approximate surface area is 97.4 Å². The molecule has 0 aromatic heterocycles. The molecule has 0 N–H and O–H groups in total. The van der Waals surface area contributed by atoms with E-state index < -0.39 is 29.6 Å². The second-order valence-corrected chi connectivity index (χ2v) is 7.75. The molecule has 0 amide bonds. The van der Waals surface area contributed by atoms with Gasteiger partial charge in [-0.1, -0.05) is 6.92 Å². The minimum atomic E-state index is -4.29. The number of hydrogen-bond donors (Lipinski definition) is 0. The fraction of sp³-hybridized carbons (Fsp3) is 0.250. The van der Waals surface area contributed by atoms with Gasteiger partial charge in [0.25, 0.3) is 9.05 Å². The molecular formula is C8H8ClFO4S2. The molecule has 16 heavy (non-hydrogen) atoms. The first kappa shape index (κ1) is 13.4. The summed E-state index contributed by atoms with van der Waals surface area (Å²) in [6.45, 7) is 1.40. The van der Waals surface area contributed by atoms with E-state index in [1.54, 1.807) is 0 Å². The standard InChI is InChI=1S/C8H8ClFO4S2/c1-2-15(11,12)6-3-4-7(10)8(5-6)16(9,13)14/h3-5H,2H2,1H3. The largest absolute Gasteiger partial charge is 0.264 e. The summed E-state index contributed by atoms with van der Waals surface area (Å²) in [6.07, 6.45) is 0. The van der Waals surface area contributed by atoms with Crippen LogP contribution >= 0.6 is 10.7 Å². The second-order valence-electron chi connectivity index (χ2n) is 2.93. The van der Waals surface area contributed by atoms with Crippen LogP contribution in [-0.2, 0) is 18.9 Å². The van der Waals surface area contributed by atoms with E-state index >= 15 is 0 Å². The van der Waals surface area contributed by atoms with Crippen molar-refractivity contribution < 1.29 is 21.2 Å². The van der Waals surface area contributed by atoms with Crippen LogP contribution in [0.2, 0.25) is 0 Å². The molecule has 0 unspecified atom stereocenters. The zero-order valence-electron chi connectivity index (χ0n) is 8.14. The van der Waals surface area contributed by atoms with Crippen LogP contribution in [0.3, 0.4) is 0 Å². The summed E-state index contributed by atoms with van der Waals surface area (Å²) in [4.78, 5) is -1.10. The highest BCUT2D eigenvalue weighted by Gasteiger charge is 2.20. The highest BCUT2D eigenvalue weighted by Crippen LogP contribution is 2.23. The summed E-state index contributed by atoms with van der Waals surface area (Å²) in [6, 6.07) is 2.48. The Bertz CT molecular complexity index is 607. The van der Waals surface area contributed by atoms with Crippen LogP contribution in [0.4, 0.5) is 4.39 Å². The molecule has 0 saturated heterocycles. The van der Waals surface area contributed by atoms with Crippen molar-refractivity contribution in [2.45, 2.75) is 16.7 Å². The lowest BCUT2D eigenvalue weighted by molar-refractivity contribution is 0.572. The predicted molar refractivity (Wildman–Crippen MR) is 57.2 cm³/mol. The van der Waals surface area contributed by atoms with Crippen LogP contribution in [0.5, 0.6) is 0 Å². The molecule has 90 valence electrons. The topological polar surface area (TPSA) is 68.3 Å². The summed E-state index contributed by atoms with van der Waals surface area (Å²) in [7, 11) is -2.91. The maximum absolute atomic E-state index is 13.1. The van der Waals surface area contributed by atoms with Gasteiger partial charge in [0.2, 0.25) is 0 Å². The van der Waals surface area contributed by atoms with Crippen LogP contribution in [0.1, 0.15) is 6.92 Å². The number of sulfone groups is 1. The van der Waals surface area contributed by atoms with Crippen LogP contribution in [0.15, 0.2) is 28.0 Å². The van der Waals surface area contributed by atoms with E-state index in [0.717, 1.165) is 18.2 Å². The van der Waals surface area contributed by atoms with Crippen LogP contribution in [-0.4, -0.2) is 22.6 Å². The predicted octanol–water partition coefficient (Wildman–Crippen LogP) is 1.55. The van der Waals surface area contributed by atoms with Crippen molar-refractivity contribution in [1.82, 2.24) is 0 Å². The molecule has 0 bridgehead atoms. The molecule has 1 rings (SSSR count). The molecular weight excluding hydrogens is 279 g/mol. The van der Waals surface area contributed by atoms with Crippen molar-refractivity contribution in [1.29, 1.82) is 0 Å². The highest BCUT2D eigenvalue weighted by atomic mass is 35.7. The van der Waals surface area contributed by atoms with Gasteiger partial charge in [0.1, 0.15) is 10.7 Å². The minimum absolute atomic E-state index is 0.208. The van der Waals surface area contributed by atoms with Gasteiger partial charge in [-0.05, 0) is 18.2 Å². The first-order valence-electron chi connectivity index (χ1n) is 4.15. The average molecular weight is 287 g/mol. The van der Waals surface area contributed by atoms with Gasteiger partial charge in [-0.25, -0.2) is 21.2 Å². The molecule has 8 heteroatoms. The molecule has 4 nitrogen and oxygen atoms in total. The fourth-order valence-electron chi connectivity index (χ4n) is 1.03. The highest BCUT2D eigenvalue weighted by molar-refractivity contribution is 8.13.